The molecule has 1 rings (SSSR count). The number of nitrogens with one attached hydrogen (secondary N) is 1. The highest BCUT2D eigenvalue weighted by Crippen LogP contribution is 2.27. The number of hydrogen-bond acceptors (Lipinski definition) is 4. The van der Waals surface area contributed by atoms with Gasteiger partial charge in [0.05, 0.1) is 12.0 Å². The minimum absolute atomic E-state index is 0.0506. The Labute approximate surface area is 122 Å². The Bertz CT molecular complexity index is 505. The van der Waals surface area contributed by atoms with Crippen molar-refractivity contribution in [2.24, 2.45) is 5.92 Å². The first kappa shape index (κ1) is 16.2. The van der Waals surface area contributed by atoms with Crippen LogP contribution in [-0.2, 0) is 0 Å². The zero-order valence-electron chi connectivity index (χ0n) is 11.6. The van der Waals surface area contributed by atoms with Gasteiger partial charge in [-0.2, -0.15) is 0 Å². The predicted molar refractivity (Wildman–Crippen MR) is 76.5 cm³/mol. The lowest BCUT2D eigenvalue weighted by Gasteiger charge is -2.19. The van der Waals surface area contributed by atoms with Gasteiger partial charge in [-0.3, -0.25) is 14.9 Å². The summed E-state index contributed by atoms with van der Waals surface area (Å²) in [6.45, 7) is 3.90. The first-order valence-corrected chi connectivity index (χ1v) is 6.63. The number of benzene rings is 1. The highest BCUT2D eigenvalue weighted by Gasteiger charge is 2.20. The third-order valence-electron chi connectivity index (χ3n) is 2.93. The summed E-state index contributed by atoms with van der Waals surface area (Å²) in [5.41, 5.74) is 0.116. The van der Waals surface area contributed by atoms with Crippen LogP contribution in [0.15, 0.2) is 18.2 Å². The number of carbonyl (C=O) groups is 1. The first-order valence-electron chi connectivity index (χ1n) is 6.10. The third kappa shape index (κ3) is 3.84. The van der Waals surface area contributed by atoms with Gasteiger partial charge >= 0.3 is 5.69 Å². The van der Waals surface area contributed by atoms with Crippen LogP contribution in [0.1, 0.15) is 24.2 Å². The Morgan fingerprint density at radius 2 is 2.15 bits per heavy atom. The molecule has 7 heteroatoms. The Hall–Kier alpha value is -1.82. The SMILES string of the molecule is COc1cc(C(=O)NC(CCl)C(C)C)ccc1[N+](=O)[O-]. The number of nitro benzene ring substituents is 1. The molecule has 1 aromatic rings. The fourth-order valence-corrected chi connectivity index (χ4v) is 2.04. The summed E-state index contributed by atoms with van der Waals surface area (Å²) in [6.07, 6.45) is 0. The van der Waals surface area contributed by atoms with Crippen molar-refractivity contribution in [3.8, 4) is 5.75 Å². The summed E-state index contributed by atoms with van der Waals surface area (Å²) < 4.78 is 4.93. The van der Waals surface area contributed by atoms with Crippen molar-refractivity contribution >= 4 is 23.2 Å². The maximum Gasteiger partial charge on any atom is 0.310 e. The number of nitro groups is 1. The Balaban J connectivity index is 2.97. The van der Waals surface area contributed by atoms with E-state index in [9.17, 15) is 14.9 Å². The molecule has 0 saturated carbocycles. The van der Waals surface area contributed by atoms with E-state index in [1.807, 2.05) is 13.8 Å². The number of methoxy groups -OCH3 is 1. The number of carbonyl (C=O) groups excluding carboxylic acids is 1. The van der Waals surface area contributed by atoms with Gasteiger partial charge < -0.3 is 10.1 Å². The monoisotopic (exact) mass is 300 g/mol. The number of halogens is 1. The molecule has 0 fully saturated rings. The van der Waals surface area contributed by atoms with Crippen molar-refractivity contribution in [1.29, 1.82) is 0 Å². The van der Waals surface area contributed by atoms with Gasteiger partial charge in [0.25, 0.3) is 5.91 Å². The minimum atomic E-state index is -0.559. The lowest BCUT2D eigenvalue weighted by atomic mass is 10.1. The molecule has 1 unspecified atom stereocenters. The summed E-state index contributed by atoms with van der Waals surface area (Å²) in [7, 11) is 1.32. The van der Waals surface area contributed by atoms with Crippen LogP contribution in [0, 0.1) is 16.0 Å². The van der Waals surface area contributed by atoms with E-state index in [0.717, 1.165) is 0 Å². The molecular formula is C13H17ClN2O4. The minimum Gasteiger partial charge on any atom is -0.490 e. The number of hydrogen-bond donors (Lipinski definition) is 1. The molecule has 1 N–H and O–H groups in total. The van der Waals surface area contributed by atoms with E-state index in [0.29, 0.717) is 11.4 Å². The van der Waals surface area contributed by atoms with E-state index in [1.54, 1.807) is 0 Å². The molecule has 110 valence electrons. The molecule has 0 radical (unpaired) electrons. The molecule has 1 aromatic carbocycles. The van der Waals surface area contributed by atoms with Gasteiger partial charge in [0.2, 0.25) is 0 Å². The van der Waals surface area contributed by atoms with Crippen molar-refractivity contribution in [3.05, 3.63) is 33.9 Å². The third-order valence-corrected chi connectivity index (χ3v) is 3.26. The van der Waals surface area contributed by atoms with Crippen LogP contribution in [0.3, 0.4) is 0 Å². The Morgan fingerprint density at radius 3 is 2.60 bits per heavy atom. The normalized spacial score (nSPS) is 12.1. The topological polar surface area (TPSA) is 81.5 Å². The molecule has 6 nitrogen and oxygen atoms in total. The molecule has 1 amide bonds. The summed E-state index contributed by atoms with van der Waals surface area (Å²) >= 11 is 5.79. The van der Waals surface area contributed by atoms with E-state index >= 15 is 0 Å². The molecule has 0 aliphatic carbocycles. The standard InChI is InChI=1S/C13H17ClN2O4/c1-8(2)10(7-14)15-13(17)9-4-5-11(16(18)19)12(6-9)20-3/h4-6,8,10H,7H2,1-3H3,(H,15,17). The smallest absolute Gasteiger partial charge is 0.310 e. The predicted octanol–water partition coefficient (Wildman–Crippen LogP) is 2.60. The van der Waals surface area contributed by atoms with Gasteiger partial charge in [-0.05, 0) is 12.0 Å². The van der Waals surface area contributed by atoms with E-state index in [1.165, 1.54) is 25.3 Å². The highest BCUT2D eigenvalue weighted by atomic mass is 35.5. The number of alkyl halides is 1. The van der Waals surface area contributed by atoms with Crippen molar-refractivity contribution in [2.45, 2.75) is 19.9 Å². The fourth-order valence-electron chi connectivity index (χ4n) is 1.60. The average Bonchev–Trinajstić information content (AvgIpc) is 2.43. The molecule has 0 spiro atoms. The number of rotatable bonds is 6. The number of amides is 1. The van der Waals surface area contributed by atoms with Gasteiger partial charge in [-0.15, -0.1) is 11.6 Å². The lowest BCUT2D eigenvalue weighted by molar-refractivity contribution is -0.385. The van der Waals surface area contributed by atoms with Crippen molar-refractivity contribution < 1.29 is 14.5 Å². The molecule has 0 aliphatic heterocycles. The summed E-state index contributed by atoms with van der Waals surface area (Å²) in [6, 6.07) is 3.82. The zero-order valence-corrected chi connectivity index (χ0v) is 12.3. The molecule has 0 bridgehead atoms. The van der Waals surface area contributed by atoms with Gasteiger partial charge in [-0.1, -0.05) is 13.8 Å². The molecule has 0 heterocycles. The van der Waals surface area contributed by atoms with E-state index in [2.05, 4.69) is 5.32 Å². The molecule has 0 saturated heterocycles. The summed E-state index contributed by atoms with van der Waals surface area (Å²) in [4.78, 5) is 22.3. The van der Waals surface area contributed by atoms with E-state index < -0.39 is 4.92 Å². The maximum atomic E-state index is 12.1. The Morgan fingerprint density at radius 1 is 1.50 bits per heavy atom. The lowest BCUT2D eigenvalue weighted by Crippen LogP contribution is -2.39. The zero-order chi connectivity index (χ0) is 15.3. The van der Waals surface area contributed by atoms with E-state index in [4.69, 9.17) is 16.3 Å². The second kappa shape index (κ2) is 7.09. The molecular weight excluding hydrogens is 284 g/mol. The van der Waals surface area contributed by atoms with Crippen molar-refractivity contribution in [1.82, 2.24) is 5.32 Å². The van der Waals surface area contributed by atoms with E-state index in [-0.39, 0.29) is 29.3 Å². The molecule has 20 heavy (non-hydrogen) atoms. The van der Waals surface area contributed by atoms with Crippen LogP contribution in [-0.4, -0.2) is 29.9 Å². The summed E-state index contributed by atoms with van der Waals surface area (Å²) in [5.74, 6) is 0.205. The largest absolute Gasteiger partial charge is 0.490 e. The van der Waals surface area contributed by atoms with Gasteiger partial charge in [0.15, 0.2) is 5.75 Å². The number of nitrogens with zero attached hydrogens (tertiary/aromatic N) is 1. The van der Waals surface area contributed by atoms with Crippen LogP contribution in [0.2, 0.25) is 0 Å². The first-order chi connectivity index (χ1) is 9.40. The molecule has 1 atom stereocenters. The van der Waals surface area contributed by atoms with Crippen LogP contribution in [0.4, 0.5) is 5.69 Å². The van der Waals surface area contributed by atoms with Crippen LogP contribution in [0.5, 0.6) is 5.75 Å². The molecule has 0 aliphatic rings. The van der Waals surface area contributed by atoms with Gasteiger partial charge in [0, 0.05) is 29.6 Å². The van der Waals surface area contributed by atoms with Gasteiger partial charge in [0.1, 0.15) is 0 Å². The number of ether oxygens (including phenoxy) is 1. The second-order valence-corrected chi connectivity index (χ2v) is 4.93. The molecule has 0 aromatic heterocycles. The van der Waals surface area contributed by atoms with Crippen LogP contribution >= 0.6 is 11.6 Å². The van der Waals surface area contributed by atoms with Crippen LogP contribution < -0.4 is 10.1 Å². The van der Waals surface area contributed by atoms with Crippen molar-refractivity contribution in [2.75, 3.05) is 13.0 Å². The van der Waals surface area contributed by atoms with Gasteiger partial charge in [-0.25, -0.2) is 0 Å². The Kier molecular flexibility index (Phi) is 5.76. The average molecular weight is 301 g/mol. The quantitative estimate of drug-likeness (QED) is 0.497. The highest BCUT2D eigenvalue weighted by molar-refractivity contribution is 6.18. The summed E-state index contributed by atoms with van der Waals surface area (Å²) in [5, 5.41) is 13.6. The maximum absolute atomic E-state index is 12.1. The van der Waals surface area contributed by atoms with Crippen molar-refractivity contribution in [3.63, 3.8) is 0 Å². The second-order valence-electron chi connectivity index (χ2n) is 4.62. The fraction of sp³-hybridized carbons (Fsp3) is 0.462. The van der Waals surface area contributed by atoms with Crippen LogP contribution in [0.25, 0.3) is 0 Å².